The maximum absolute atomic E-state index is 13.2. The molecule has 3 fully saturated rings. The second kappa shape index (κ2) is 7.44. The minimum atomic E-state index is -0.222. The molecule has 1 amide bonds. The highest BCUT2D eigenvalue weighted by Gasteiger charge is 2.51. The van der Waals surface area contributed by atoms with Crippen molar-refractivity contribution in [2.75, 3.05) is 63.9 Å². The quantitative estimate of drug-likeness (QED) is 0.761. The number of morpholine rings is 1. The van der Waals surface area contributed by atoms with Crippen LogP contribution in [0.1, 0.15) is 12.8 Å². The lowest BCUT2D eigenvalue weighted by Crippen LogP contribution is -2.43. The molecule has 1 atom stereocenters. The van der Waals surface area contributed by atoms with Crippen LogP contribution >= 0.6 is 22.9 Å². The Morgan fingerprint density at radius 2 is 1.96 bits per heavy atom. The van der Waals surface area contributed by atoms with E-state index < -0.39 is 0 Å². The minimum Gasteiger partial charge on any atom is -0.379 e. The first-order valence-corrected chi connectivity index (χ1v) is 11.2. The van der Waals surface area contributed by atoms with E-state index in [0.717, 1.165) is 92.2 Å². The molecule has 3 aliphatic rings. The maximum atomic E-state index is 13.2. The second-order valence-electron chi connectivity index (χ2n) is 8.06. The van der Waals surface area contributed by atoms with Crippen molar-refractivity contribution in [2.24, 2.45) is 5.41 Å². The van der Waals surface area contributed by atoms with Crippen LogP contribution in [0.3, 0.4) is 0 Å². The fourth-order valence-corrected chi connectivity index (χ4v) is 5.90. The van der Waals surface area contributed by atoms with Gasteiger partial charge >= 0.3 is 0 Å². The lowest BCUT2D eigenvalue weighted by atomic mass is 9.85. The molecule has 1 aromatic carbocycles. The Labute approximate surface area is 174 Å². The number of hydrogen-bond acceptors (Lipinski definition) is 6. The summed E-state index contributed by atoms with van der Waals surface area (Å²) in [6, 6.07) is 5.82. The Morgan fingerprint density at radius 3 is 2.82 bits per heavy atom. The molecule has 6 nitrogen and oxygen atoms in total. The van der Waals surface area contributed by atoms with E-state index in [2.05, 4.69) is 14.7 Å². The molecule has 28 heavy (non-hydrogen) atoms. The molecule has 1 aromatic heterocycles. The van der Waals surface area contributed by atoms with Crippen molar-refractivity contribution < 1.29 is 9.53 Å². The number of hydrogen-bond donors (Lipinski definition) is 0. The fraction of sp³-hybridized carbons (Fsp3) is 0.600. The third-order valence-electron chi connectivity index (χ3n) is 6.35. The highest BCUT2D eigenvalue weighted by Crippen LogP contribution is 2.43. The number of fused-ring (bicyclic) bond motifs is 1. The summed E-state index contributed by atoms with van der Waals surface area (Å²) in [5.41, 5.74) is 0.760. The van der Waals surface area contributed by atoms with Crippen LogP contribution in [-0.2, 0) is 9.53 Å². The average molecular weight is 421 g/mol. The standard InChI is InChI=1S/C20H25ClN4O2S/c21-15-1-2-16-17(13-15)28-19(22-16)25-6-4-20(14-25)3-5-24(18(20)26)8-7-23-9-11-27-12-10-23/h1-2,13H,3-12,14H2. The molecule has 0 radical (unpaired) electrons. The number of anilines is 1. The van der Waals surface area contributed by atoms with Gasteiger partial charge in [0.2, 0.25) is 5.91 Å². The largest absolute Gasteiger partial charge is 0.379 e. The summed E-state index contributed by atoms with van der Waals surface area (Å²) in [5.74, 6) is 0.340. The van der Waals surface area contributed by atoms with Crippen molar-refractivity contribution in [3.05, 3.63) is 23.2 Å². The normalized spacial score (nSPS) is 26.2. The molecule has 2 aromatic rings. The summed E-state index contributed by atoms with van der Waals surface area (Å²) in [5, 5.41) is 1.75. The molecule has 150 valence electrons. The Bertz CT molecular complexity index is 884. The number of carbonyl (C=O) groups is 1. The highest BCUT2D eigenvalue weighted by atomic mass is 35.5. The number of halogens is 1. The summed E-state index contributed by atoms with van der Waals surface area (Å²) in [6.45, 7) is 7.91. The van der Waals surface area contributed by atoms with E-state index in [1.807, 2.05) is 18.2 Å². The van der Waals surface area contributed by atoms with Gasteiger partial charge in [-0.15, -0.1) is 0 Å². The number of benzene rings is 1. The van der Waals surface area contributed by atoms with Crippen molar-refractivity contribution in [1.29, 1.82) is 0 Å². The first-order valence-electron chi connectivity index (χ1n) is 10.0. The van der Waals surface area contributed by atoms with Crippen molar-refractivity contribution in [2.45, 2.75) is 12.8 Å². The predicted molar refractivity (Wildman–Crippen MR) is 112 cm³/mol. The third-order valence-corrected chi connectivity index (χ3v) is 7.67. The molecule has 5 rings (SSSR count). The molecule has 3 saturated heterocycles. The molecule has 0 aliphatic carbocycles. The van der Waals surface area contributed by atoms with Gasteiger partial charge in [0.1, 0.15) is 0 Å². The number of aromatic nitrogens is 1. The van der Waals surface area contributed by atoms with Gasteiger partial charge in [0.25, 0.3) is 0 Å². The third kappa shape index (κ3) is 3.38. The highest BCUT2D eigenvalue weighted by molar-refractivity contribution is 7.22. The molecule has 3 aliphatic heterocycles. The van der Waals surface area contributed by atoms with Crippen LogP contribution in [0.2, 0.25) is 5.02 Å². The monoisotopic (exact) mass is 420 g/mol. The summed E-state index contributed by atoms with van der Waals surface area (Å²) in [6.07, 6.45) is 1.89. The number of rotatable bonds is 4. The van der Waals surface area contributed by atoms with Crippen LogP contribution in [0.25, 0.3) is 10.2 Å². The van der Waals surface area contributed by atoms with E-state index >= 15 is 0 Å². The van der Waals surface area contributed by atoms with Crippen LogP contribution in [-0.4, -0.2) is 79.7 Å². The van der Waals surface area contributed by atoms with Gasteiger partial charge in [-0.3, -0.25) is 9.69 Å². The van der Waals surface area contributed by atoms with Crippen molar-refractivity contribution in [3.63, 3.8) is 0 Å². The number of carbonyl (C=O) groups excluding carboxylic acids is 1. The van der Waals surface area contributed by atoms with Gasteiger partial charge in [0.15, 0.2) is 5.13 Å². The number of nitrogens with zero attached hydrogens (tertiary/aromatic N) is 4. The van der Waals surface area contributed by atoms with Gasteiger partial charge in [0.05, 0.1) is 28.8 Å². The molecule has 0 saturated carbocycles. The van der Waals surface area contributed by atoms with Crippen LogP contribution < -0.4 is 4.90 Å². The molecular weight excluding hydrogens is 396 g/mol. The zero-order chi connectivity index (χ0) is 19.1. The lowest BCUT2D eigenvalue weighted by Gasteiger charge is -2.29. The van der Waals surface area contributed by atoms with Gasteiger partial charge < -0.3 is 14.5 Å². The van der Waals surface area contributed by atoms with E-state index in [-0.39, 0.29) is 5.41 Å². The summed E-state index contributed by atoms with van der Waals surface area (Å²) in [7, 11) is 0. The Balaban J connectivity index is 1.24. The van der Waals surface area contributed by atoms with E-state index in [1.54, 1.807) is 11.3 Å². The summed E-state index contributed by atoms with van der Waals surface area (Å²) < 4.78 is 6.52. The SMILES string of the molecule is O=C1N(CCN2CCOCC2)CCC12CCN(c1nc3ccc(Cl)cc3s1)C2. The van der Waals surface area contributed by atoms with E-state index in [4.69, 9.17) is 21.3 Å². The van der Waals surface area contributed by atoms with Crippen molar-refractivity contribution in [1.82, 2.24) is 14.8 Å². The van der Waals surface area contributed by atoms with Gasteiger partial charge in [0, 0.05) is 50.8 Å². The van der Waals surface area contributed by atoms with Gasteiger partial charge in [-0.1, -0.05) is 22.9 Å². The maximum Gasteiger partial charge on any atom is 0.230 e. The van der Waals surface area contributed by atoms with E-state index in [1.165, 1.54) is 0 Å². The van der Waals surface area contributed by atoms with Gasteiger partial charge in [-0.25, -0.2) is 4.98 Å². The van der Waals surface area contributed by atoms with E-state index in [0.29, 0.717) is 5.91 Å². The Morgan fingerprint density at radius 1 is 1.14 bits per heavy atom. The minimum absolute atomic E-state index is 0.222. The number of likely N-dealkylation sites (tertiary alicyclic amines) is 1. The predicted octanol–water partition coefficient (Wildman–Crippen LogP) is 2.71. The molecule has 1 unspecified atom stereocenters. The molecule has 0 N–H and O–H groups in total. The second-order valence-corrected chi connectivity index (χ2v) is 9.50. The first kappa shape index (κ1) is 18.6. The number of amides is 1. The Kier molecular flexibility index (Phi) is 4.95. The van der Waals surface area contributed by atoms with Crippen LogP contribution in [0.5, 0.6) is 0 Å². The summed E-state index contributed by atoms with van der Waals surface area (Å²) >= 11 is 7.78. The molecule has 0 bridgehead atoms. The smallest absolute Gasteiger partial charge is 0.230 e. The van der Waals surface area contributed by atoms with Crippen molar-refractivity contribution >= 4 is 44.2 Å². The topological polar surface area (TPSA) is 48.9 Å². The molecule has 8 heteroatoms. The van der Waals surface area contributed by atoms with Crippen LogP contribution in [0.15, 0.2) is 18.2 Å². The van der Waals surface area contributed by atoms with E-state index in [9.17, 15) is 4.79 Å². The molecule has 4 heterocycles. The molecule has 1 spiro atoms. The van der Waals surface area contributed by atoms with Crippen LogP contribution in [0, 0.1) is 5.41 Å². The van der Waals surface area contributed by atoms with Gasteiger partial charge in [-0.05, 0) is 31.0 Å². The number of thiazole rings is 1. The zero-order valence-corrected chi connectivity index (χ0v) is 17.5. The zero-order valence-electron chi connectivity index (χ0n) is 15.9. The lowest BCUT2D eigenvalue weighted by molar-refractivity contribution is -0.135. The van der Waals surface area contributed by atoms with Crippen molar-refractivity contribution in [3.8, 4) is 0 Å². The number of ether oxygens (including phenoxy) is 1. The fourth-order valence-electron chi connectivity index (χ4n) is 4.63. The molecular formula is C20H25ClN4O2S. The Hall–Kier alpha value is -1.41. The average Bonchev–Trinajstić information content (AvgIpc) is 3.40. The first-order chi connectivity index (χ1) is 13.6. The van der Waals surface area contributed by atoms with Crippen LogP contribution in [0.4, 0.5) is 5.13 Å². The summed E-state index contributed by atoms with van der Waals surface area (Å²) in [4.78, 5) is 24.8. The van der Waals surface area contributed by atoms with Gasteiger partial charge in [-0.2, -0.15) is 0 Å².